The van der Waals surface area contributed by atoms with Gasteiger partial charge < -0.3 is 5.73 Å². The molecule has 0 unspecified atom stereocenters. The Labute approximate surface area is 122 Å². The van der Waals surface area contributed by atoms with Crippen LogP contribution in [0.5, 0.6) is 0 Å². The number of nitrogens with zero attached hydrogens (tertiary/aromatic N) is 1. The van der Waals surface area contributed by atoms with Crippen LogP contribution < -0.4 is 10.5 Å². The van der Waals surface area contributed by atoms with Crippen molar-refractivity contribution in [2.24, 2.45) is 5.73 Å². The monoisotopic (exact) mass is 311 g/mol. The SMILES string of the molecule is Cc1ccc(NS(=O)(=O)c2ccc(CCN)s2)c(C)n1. The van der Waals surface area contributed by atoms with Crippen molar-refractivity contribution in [3.8, 4) is 0 Å². The first-order valence-corrected chi connectivity index (χ1v) is 8.48. The maximum Gasteiger partial charge on any atom is 0.271 e. The van der Waals surface area contributed by atoms with Gasteiger partial charge in [-0.1, -0.05) is 0 Å². The highest BCUT2D eigenvalue weighted by Crippen LogP contribution is 2.25. The molecule has 0 aromatic carbocycles. The number of sulfonamides is 1. The van der Waals surface area contributed by atoms with Crippen LogP contribution in [0, 0.1) is 13.8 Å². The molecule has 0 bridgehead atoms. The molecule has 20 heavy (non-hydrogen) atoms. The Morgan fingerprint density at radius 2 is 2.00 bits per heavy atom. The number of rotatable bonds is 5. The Hall–Kier alpha value is -1.44. The molecule has 108 valence electrons. The summed E-state index contributed by atoms with van der Waals surface area (Å²) >= 11 is 1.24. The maximum absolute atomic E-state index is 12.3. The van der Waals surface area contributed by atoms with Crippen molar-refractivity contribution in [2.45, 2.75) is 24.5 Å². The number of thiophene rings is 1. The number of aryl methyl sites for hydroxylation is 2. The predicted octanol–water partition coefficient (Wildman–Crippen LogP) is 2.06. The van der Waals surface area contributed by atoms with E-state index in [4.69, 9.17) is 5.73 Å². The van der Waals surface area contributed by atoms with Crippen LogP contribution in [-0.4, -0.2) is 19.9 Å². The topological polar surface area (TPSA) is 85.1 Å². The van der Waals surface area contributed by atoms with Crippen LogP contribution in [0.15, 0.2) is 28.5 Å². The first-order valence-electron chi connectivity index (χ1n) is 6.18. The molecular weight excluding hydrogens is 294 g/mol. The van der Waals surface area contributed by atoms with E-state index in [0.717, 1.165) is 10.6 Å². The van der Waals surface area contributed by atoms with Gasteiger partial charge in [0.05, 0.1) is 11.4 Å². The molecule has 2 rings (SSSR count). The zero-order valence-corrected chi connectivity index (χ0v) is 13.0. The number of nitrogens with two attached hydrogens (primary N) is 1. The van der Waals surface area contributed by atoms with Crippen molar-refractivity contribution in [3.05, 3.63) is 40.5 Å². The van der Waals surface area contributed by atoms with Crippen LogP contribution in [0.1, 0.15) is 16.3 Å². The van der Waals surface area contributed by atoms with E-state index in [0.29, 0.717) is 28.6 Å². The summed E-state index contributed by atoms with van der Waals surface area (Å²) in [6.07, 6.45) is 0.686. The molecule has 0 radical (unpaired) electrons. The Kier molecular flexibility index (Phi) is 4.42. The van der Waals surface area contributed by atoms with E-state index in [1.54, 1.807) is 31.2 Å². The lowest BCUT2D eigenvalue weighted by Gasteiger charge is -2.09. The van der Waals surface area contributed by atoms with E-state index in [1.807, 2.05) is 6.92 Å². The quantitative estimate of drug-likeness (QED) is 0.885. The highest BCUT2D eigenvalue weighted by Gasteiger charge is 2.18. The van der Waals surface area contributed by atoms with Crippen molar-refractivity contribution in [2.75, 3.05) is 11.3 Å². The van der Waals surface area contributed by atoms with E-state index in [1.165, 1.54) is 11.3 Å². The minimum atomic E-state index is -3.56. The van der Waals surface area contributed by atoms with Gasteiger partial charge in [0.15, 0.2) is 0 Å². The summed E-state index contributed by atoms with van der Waals surface area (Å²) in [6, 6.07) is 6.91. The highest BCUT2D eigenvalue weighted by molar-refractivity contribution is 7.94. The molecule has 2 heterocycles. The summed E-state index contributed by atoms with van der Waals surface area (Å²) in [4.78, 5) is 5.21. The number of hydrogen-bond acceptors (Lipinski definition) is 5. The highest BCUT2D eigenvalue weighted by atomic mass is 32.2. The van der Waals surface area contributed by atoms with Crippen LogP contribution in [0.3, 0.4) is 0 Å². The van der Waals surface area contributed by atoms with Crippen molar-refractivity contribution in [1.82, 2.24) is 4.98 Å². The summed E-state index contributed by atoms with van der Waals surface area (Å²) < 4.78 is 27.5. The fourth-order valence-electron chi connectivity index (χ4n) is 1.77. The lowest BCUT2D eigenvalue weighted by atomic mass is 10.3. The van der Waals surface area contributed by atoms with E-state index < -0.39 is 10.0 Å². The third-order valence-corrected chi connectivity index (χ3v) is 5.76. The molecule has 2 aromatic rings. The summed E-state index contributed by atoms with van der Waals surface area (Å²) in [5, 5.41) is 0. The number of nitrogens with one attached hydrogen (secondary N) is 1. The summed E-state index contributed by atoms with van der Waals surface area (Å²) in [6.45, 7) is 4.15. The molecule has 2 aromatic heterocycles. The summed E-state index contributed by atoms with van der Waals surface area (Å²) in [7, 11) is -3.56. The van der Waals surface area contributed by atoms with Crippen molar-refractivity contribution < 1.29 is 8.42 Å². The largest absolute Gasteiger partial charge is 0.330 e. The lowest BCUT2D eigenvalue weighted by Crippen LogP contribution is -2.13. The van der Waals surface area contributed by atoms with Crippen LogP contribution in [0.4, 0.5) is 5.69 Å². The van der Waals surface area contributed by atoms with Crippen LogP contribution in [0.2, 0.25) is 0 Å². The molecule has 0 amide bonds. The Morgan fingerprint density at radius 1 is 1.25 bits per heavy atom. The lowest BCUT2D eigenvalue weighted by molar-refractivity contribution is 0.603. The zero-order valence-electron chi connectivity index (χ0n) is 11.4. The van der Waals surface area contributed by atoms with Crippen molar-refractivity contribution >= 4 is 27.0 Å². The fourth-order valence-corrected chi connectivity index (χ4v) is 4.26. The Morgan fingerprint density at radius 3 is 2.65 bits per heavy atom. The van der Waals surface area contributed by atoms with Gasteiger partial charge in [-0.3, -0.25) is 9.71 Å². The average molecular weight is 311 g/mol. The molecule has 0 aliphatic heterocycles. The molecule has 0 spiro atoms. The van der Waals surface area contributed by atoms with E-state index in [9.17, 15) is 8.42 Å². The molecule has 5 nitrogen and oxygen atoms in total. The second-order valence-corrected chi connectivity index (χ2v) is 7.53. The second-order valence-electron chi connectivity index (χ2n) is 4.45. The number of pyridine rings is 1. The smallest absolute Gasteiger partial charge is 0.271 e. The Balaban J connectivity index is 2.26. The van der Waals surface area contributed by atoms with Crippen molar-refractivity contribution in [1.29, 1.82) is 0 Å². The number of aromatic nitrogens is 1. The molecular formula is C13H17N3O2S2. The number of hydrogen-bond donors (Lipinski definition) is 2. The summed E-state index contributed by atoms with van der Waals surface area (Å²) in [5.74, 6) is 0. The fraction of sp³-hybridized carbons (Fsp3) is 0.308. The molecule has 7 heteroatoms. The van der Waals surface area contributed by atoms with E-state index >= 15 is 0 Å². The van der Waals surface area contributed by atoms with E-state index in [2.05, 4.69) is 9.71 Å². The first kappa shape index (κ1) is 15.0. The Bertz CT molecular complexity index is 708. The molecule has 0 atom stereocenters. The second kappa shape index (κ2) is 5.90. The van der Waals surface area contributed by atoms with Gasteiger partial charge in [0.2, 0.25) is 0 Å². The molecule has 0 saturated carbocycles. The average Bonchev–Trinajstić information content (AvgIpc) is 2.83. The van der Waals surface area contributed by atoms with Gasteiger partial charge in [0, 0.05) is 10.6 Å². The number of anilines is 1. The molecule has 0 aliphatic rings. The molecule has 0 saturated heterocycles. The molecule has 3 N–H and O–H groups in total. The third-order valence-electron chi connectivity index (χ3n) is 2.76. The van der Waals surface area contributed by atoms with Gasteiger partial charge in [0.1, 0.15) is 4.21 Å². The molecule has 0 aliphatic carbocycles. The first-order chi connectivity index (χ1) is 9.42. The van der Waals surface area contributed by atoms with Gasteiger partial charge >= 0.3 is 0 Å². The van der Waals surface area contributed by atoms with Crippen LogP contribution in [-0.2, 0) is 16.4 Å². The van der Waals surface area contributed by atoms with Gasteiger partial charge in [-0.2, -0.15) is 0 Å². The predicted molar refractivity (Wildman–Crippen MR) is 81.6 cm³/mol. The molecule has 0 fully saturated rings. The normalized spacial score (nSPS) is 11.6. The van der Waals surface area contributed by atoms with Crippen LogP contribution in [0.25, 0.3) is 0 Å². The van der Waals surface area contributed by atoms with Gasteiger partial charge in [-0.15, -0.1) is 11.3 Å². The van der Waals surface area contributed by atoms with Gasteiger partial charge in [0.25, 0.3) is 10.0 Å². The van der Waals surface area contributed by atoms with Gasteiger partial charge in [-0.25, -0.2) is 8.42 Å². The summed E-state index contributed by atoms with van der Waals surface area (Å²) in [5.41, 5.74) is 7.49. The van der Waals surface area contributed by atoms with Crippen LogP contribution >= 0.6 is 11.3 Å². The zero-order chi connectivity index (χ0) is 14.8. The van der Waals surface area contributed by atoms with Crippen molar-refractivity contribution in [3.63, 3.8) is 0 Å². The van der Waals surface area contributed by atoms with Gasteiger partial charge in [-0.05, 0) is 51.1 Å². The third kappa shape index (κ3) is 3.36. The minimum absolute atomic E-state index is 0.293. The maximum atomic E-state index is 12.3. The van der Waals surface area contributed by atoms with E-state index in [-0.39, 0.29) is 0 Å². The standard InChI is InChI=1S/C13H17N3O2S2/c1-9-3-5-12(10(2)15-9)16-20(17,18)13-6-4-11(19-13)7-8-14/h3-6,16H,7-8,14H2,1-2H3. The minimum Gasteiger partial charge on any atom is -0.330 e.